The van der Waals surface area contributed by atoms with E-state index in [-0.39, 0.29) is 0 Å². The van der Waals surface area contributed by atoms with Crippen LogP contribution in [-0.2, 0) is 0 Å². The molecule has 0 radical (unpaired) electrons. The Morgan fingerprint density at radius 2 is 1.08 bits per heavy atom. The maximum Gasteiger partial charge on any atom is 0.238 e. The van der Waals surface area contributed by atoms with Crippen molar-refractivity contribution in [3.63, 3.8) is 0 Å². The lowest BCUT2D eigenvalue weighted by Gasteiger charge is -2.11. The molecule has 5 aromatic heterocycles. The van der Waals surface area contributed by atoms with E-state index < -0.39 is 0 Å². The van der Waals surface area contributed by atoms with Gasteiger partial charge in [-0.25, -0.2) is 14.5 Å². The SMILES string of the molecule is c1ccc(-c2nc(-c3ccccc3)nc(-n3c4ccccc4c4cc(-n5c6oc7ccccc7c6n6c7ccccc7nc56)ccc43)n2)cc1. The predicted octanol–water partition coefficient (Wildman–Crippen LogP) is 9.79. The molecule has 11 rings (SSSR count). The summed E-state index contributed by atoms with van der Waals surface area (Å²) in [7, 11) is 0. The van der Waals surface area contributed by atoms with Crippen LogP contribution >= 0.6 is 0 Å². The number of rotatable bonds is 4. The van der Waals surface area contributed by atoms with E-state index in [0.29, 0.717) is 17.6 Å². The fourth-order valence-electron chi connectivity index (χ4n) is 7.31. The molecule has 0 aliphatic heterocycles. The van der Waals surface area contributed by atoms with Crippen LogP contribution in [0, 0.1) is 0 Å². The van der Waals surface area contributed by atoms with Gasteiger partial charge in [0.1, 0.15) is 11.1 Å². The third kappa shape index (κ3) is 3.81. The molecule has 234 valence electrons. The van der Waals surface area contributed by atoms with Gasteiger partial charge in [0.2, 0.25) is 17.4 Å². The number of furan rings is 1. The van der Waals surface area contributed by atoms with Gasteiger partial charge in [-0.3, -0.25) is 8.97 Å². The van der Waals surface area contributed by atoms with Gasteiger partial charge in [0.05, 0.1) is 27.8 Å². The third-order valence-electron chi connectivity index (χ3n) is 9.52. The molecular formula is C42H25N7O. The van der Waals surface area contributed by atoms with E-state index in [9.17, 15) is 0 Å². The minimum absolute atomic E-state index is 0.555. The highest BCUT2D eigenvalue weighted by Gasteiger charge is 2.24. The highest BCUT2D eigenvalue weighted by molar-refractivity contribution is 6.10. The summed E-state index contributed by atoms with van der Waals surface area (Å²) in [5.41, 5.74) is 9.33. The Bertz CT molecular complexity index is 2950. The topological polar surface area (TPSA) is 79.0 Å². The first-order valence-electron chi connectivity index (χ1n) is 16.5. The summed E-state index contributed by atoms with van der Waals surface area (Å²) < 4.78 is 13.1. The van der Waals surface area contributed by atoms with E-state index in [1.807, 2.05) is 84.9 Å². The van der Waals surface area contributed by atoms with E-state index in [2.05, 4.69) is 80.3 Å². The molecule has 0 spiro atoms. The van der Waals surface area contributed by atoms with Crippen molar-refractivity contribution in [2.24, 2.45) is 0 Å². The molecule has 0 unspecified atom stereocenters. The molecule has 8 nitrogen and oxygen atoms in total. The van der Waals surface area contributed by atoms with Crippen molar-refractivity contribution in [2.45, 2.75) is 0 Å². The first-order valence-corrected chi connectivity index (χ1v) is 16.5. The molecule has 0 aliphatic rings. The Morgan fingerprint density at radius 3 is 1.84 bits per heavy atom. The van der Waals surface area contributed by atoms with Gasteiger partial charge in [0.25, 0.3) is 0 Å². The average Bonchev–Trinajstić information content (AvgIpc) is 3.91. The molecule has 0 aliphatic carbocycles. The molecule has 11 aromatic rings. The van der Waals surface area contributed by atoms with Crippen LogP contribution in [0.3, 0.4) is 0 Å². The number of aromatic nitrogens is 7. The van der Waals surface area contributed by atoms with Crippen LogP contribution in [0.25, 0.3) is 95.2 Å². The van der Waals surface area contributed by atoms with Gasteiger partial charge in [-0.05, 0) is 48.5 Å². The summed E-state index contributed by atoms with van der Waals surface area (Å²) in [6.07, 6.45) is 0. The van der Waals surface area contributed by atoms with Crippen molar-refractivity contribution < 1.29 is 4.42 Å². The summed E-state index contributed by atoms with van der Waals surface area (Å²) in [5.74, 6) is 2.58. The van der Waals surface area contributed by atoms with Gasteiger partial charge in [-0.15, -0.1) is 0 Å². The van der Waals surface area contributed by atoms with E-state index >= 15 is 0 Å². The van der Waals surface area contributed by atoms with Crippen LogP contribution < -0.4 is 0 Å². The quantitative estimate of drug-likeness (QED) is 0.191. The average molecular weight is 644 g/mol. The molecule has 0 bridgehead atoms. The number of benzene rings is 6. The van der Waals surface area contributed by atoms with Gasteiger partial charge in [-0.2, -0.15) is 9.97 Å². The van der Waals surface area contributed by atoms with Crippen LogP contribution in [0.2, 0.25) is 0 Å². The molecule has 0 N–H and O–H groups in total. The van der Waals surface area contributed by atoms with Crippen molar-refractivity contribution in [3.05, 3.63) is 152 Å². The van der Waals surface area contributed by atoms with Crippen LogP contribution in [0.1, 0.15) is 0 Å². The zero-order valence-electron chi connectivity index (χ0n) is 26.5. The first kappa shape index (κ1) is 26.9. The minimum atomic E-state index is 0.555. The lowest BCUT2D eigenvalue weighted by molar-refractivity contribution is 0.645. The van der Waals surface area contributed by atoms with E-state index in [1.54, 1.807) is 0 Å². The normalized spacial score (nSPS) is 12.0. The van der Waals surface area contributed by atoms with Crippen LogP contribution in [0.4, 0.5) is 0 Å². The summed E-state index contributed by atoms with van der Waals surface area (Å²) in [6.45, 7) is 0. The highest BCUT2D eigenvalue weighted by atomic mass is 16.3. The number of fused-ring (bicyclic) bond motifs is 10. The summed E-state index contributed by atoms with van der Waals surface area (Å²) in [6, 6.07) is 51.4. The van der Waals surface area contributed by atoms with Gasteiger partial charge in [-0.1, -0.05) is 103 Å². The first-order chi connectivity index (χ1) is 24.8. The molecule has 0 saturated carbocycles. The monoisotopic (exact) mass is 643 g/mol. The number of nitrogens with zero attached hydrogens (tertiary/aromatic N) is 7. The zero-order valence-corrected chi connectivity index (χ0v) is 26.5. The number of imidazole rings is 2. The van der Waals surface area contributed by atoms with Crippen molar-refractivity contribution in [1.29, 1.82) is 0 Å². The Balaban J connectivity index is 1.20. The fourth-order valence-corrected chi connectivity index (χ4v) is 7.31. The molecule has 50 heavy (non-hydrogen) atoms. The Hall–Kier alpha value is -7.06. The molecular weight excluding hydrogens is 619 g/mol. The van der Waals surface area contributed by atoms with Gasteiger partial charge >= 0.3 is 0 Å². The molecule has 0 saturated heterocycles. The lowest BCUT2D eigenvalue weighted by atomic mass is 10.1. The minimum Gasteiger partial charge on any atom is -0.437 e. The van der Waals surface area contributed by atoms with Crippen LogP contribution in [0.15, 0.2) is 156 Å². The Morgan fingerprint density at radius 1 is 0.460 bits per heavy atom. The van der Waals surface area contributed by atoms with Gasteiger partial charge in [0.15, 0.2) is 11.6 Å². The summed E-state index contributed by atoms with van der Waals surface area (Å²) >= 11 is 0. The van der Waals surface area contributed by atoms with Crippen molar-refractivity contribution >= 4 is 60.8 Å². The van der Waals surface area contributed by atoms with Crippen LogP contribution in [0.5, 0.6) is 0 Å². The Kier molecular flexibility index (Phi) is 5.51. The second-order valence-electron chi connectivity index (χ2n) is 12.4. The third-order valence-corrected chi connectivity index (χ3v) is 9.52. The smallest absolute Gasteiger partial charge is 0.238 e. The number of hydrogen-bond donors (Lipinski definition) is 0. The van der Waals surface area contributed by atoms with Crippen molar-refractivity contribution in [2.75, 3.05) is 0 Å². The summed E-state index contributed by atoms with van der Waals surface area (Å²) in [5, 5.41) is 3.20. The number of hydrogen-bond acceptors (Lipinski definition) is 5. The molecule has 0 fully saturated rings. The van der Waals surface area contributed by atoms with Gasteiger partial charge in [0, 0.05) is 27.3 Å². The summed E-state index contributed by atoms with van der Waals surface area (Å²) in [4.78, 5) is 20.2. The second-order valence-corrected chi connectivity index (χ2v) is 12.4. The van der Waals surface area contributed by atoms with Crippen molar-refractivity contribution in [1.82, 2.24) is 33.5 Å². The maximum atomic E-state index is 6.58. The highest BCUT2D eigenvalue weighted by Crippen LogP contribution is 2.38. The van der Waals surface area contributed by atoms with E-state index in [0.717, 1.165) is 77.6 Å². The number of para-hydroxylation sites is 4. The molecule has 0 amide bonds. The maximum absolute atomic E-state index is 6.58. The standard InChI is InChI=1S/C42H25N7O/c1-3-13-26(14-4-1)38-44-39(27-15-5-2-6-16-27)46-41(45-38)48-33-20-10-7-17-29(33)31-25-28(23-24-34(31)48)47-40-37(30-18-8-12-22-36(30)50-40)49-35-21-11-9-19-32(35)43-42(47)49/h1-25H. The Labute approximate surface area is 284 Å². The van der Waals surface area contributed by atoms with Crippen LogP contribution in [-0.4, -0.2) is 33.5 Å². The lowest BCUT2D eigenvalue weighted by Crippen LogP contribution is -2.06. The van der Waals surface area contributed by atoms with E-state index in [1.165, 1.54) is 0 Å². The largest absolute Gasteiger partial charge is 0.437 e. The predicted molar refractivity (Wildman–Crippen MR) is 198 cm³/mol. The fraction of sp³-hybridized carbons (Fsp3) is 0. The zero-order chi connectivity index (χ0) is 32.8. The molecule has 6 aromatic carbocycles. The second kappa shape index (κ2) is 10.2. The van der Waals surface area contributed by atoms with E-state index in [4.69, 9.17) is 24.4 Å². The molecule has 0 atom stereocenters. The molecule has 5 heterocycles. The van der Waals surface area contributed by atoms with Gasteiger partial charge < -0.3 is 4.42 Å². The molecule has 8 heteroatoms. The van der Waals surface area contributed by atoms with Crippen molar-refractivity contribution in [3.8, 4) is 34.4 Å².